The van der Waals surface area contributed by atoms with Crippen LogP contribution in [0.2, 0.25) is 0 Å². The first-order valence-corrected chi connectivity index (χ1v) is 6.76. The zero-order valence-corrected chi connectivity index (χ0v) is 11.4. The zero-order chi connectivity index (χ0) is 13.2. The minimum Gasteiger partial charge on any atom is -0.0726 e. The first-order valence-electron chi connectivity index (χ1n) is 6.76. The molecule has 3 rings (SSSR count). The van der Waals surface area contributed by atoms with E-state index in [1.54, 1.807) is 0 Å². The molecule has 0 heterocycles. The Morgan fingerprint density at radius 2 is 1.53 bits per heavy atom. The number of rotatable bonds is 2. The highest BCUT2D eigenvalue weighted by Crippen LogP contribution is 2.32. The van der Waals surface area contributed by atoms with Gasteiger partial charge in [-0.15, -0.1) is 0 Å². The number of allylic oxidation sites excluding steroid dienone is 4. The molecular formula is C19H18. The van der Waals surface area contributed by atoms with Crippen molar-refractivity contribution >= 4 is 5.57 Å². The summed E-state index contributed by atoms with van der Waals surface area (Å²) < 4.78 is 0. The standard InChI is InChI=1S/C19H18/c1-14-10-15(2)12-19(11-14)18-9-8-17(13-18)16-6-4-3-5-7-16/h3-13,18H,1-2H3. The molecule has 0 saturated carbocycles. The Hall–Kier alpha value is -2.08. The van der Waals surface area contributed by atoms with Crippen molar-refractivity contribution in [2.24, 2.45) is 0 Å². The minimum atomic E-state index is 0.411. The van der Waals surface area contributed by atoms with Crippen LogP contribution < -0.4 is 0 Å². The van der Waals surface area contributed by atoms with Gasteiger partial charge in [0, 0.05) is 5.92 Å². The largest absolute Gasteiger partial charge is 0.0726 e. The molecule has 0 aliphatic heterocycles. The summed E-state index contributed by atoms with van der Waals surface area (Å²) in [6, 6.07) is 17.4. The molecule has 0 saturated heterocycles. The Kier molecular flexibility index (Phi) is 3.08. The molecular weight excluding hydrogens is 228 g/mol. The zero-order valence-electron chi connectivity index (χ0n) is 11.4. The maximum Gasteiger partial charge on any atom is 0.0211 e. The highest BCUT2D eigenvalue weighted by molar-refractivity contribution is 5.78. The molecule has 0 aromatic heterocycles. The second-order valence-corrected chi connectivity index (χ2v) is 5.29. The van der Waals surface area contributed by atoms with Crippen LogP contribution in [-0.2, 0) is 0 Å². The Bertz CT molecular complexity index is 625. The fourth-order valence-corrected chi connectivity index (χ4v) is 2.74. The van der Waals surface area contributed by atoms with E-state index in [-0.39, 0.29) is 0 Å². The number of aryl methyl sites for hydroxylation is 2. The lowest BCUT2D eigenvalue weighted by Crippen LogP contribution is -1.91. The van der Waals surface area contributed by atoms with Gasteiger partial charge in [-0.25, -0.2) is 0 Å². The SMILES string of the molecule is Cc1cc(C)cc(C2C=CC(c3ccccc3)=C2)c1. The minimum absolute atomic E-state index is 0.411. The van der Waals surface area contributed by atoms with Gasteiger partial charge in [0.1, 0.15) is 0 Å². The summed E-state index contributed by atoms with van der Waals surface area (Å²) in [7, 11) is 0. The first-order chi connectivity index (χ1) is 9.22. The van der Waals surface area contributed by atoms with E-state index in [2.05, 4.69) is 80.6 Å². The van der Waals surface area contributed by atoms with Crippen molar-refractivity contribution in [1.82, 2.24) is 0 Å². The van der Waals surface area contributed by atoms with Gasteiger partial charge in [0.2, 0.25) is 0 Å². The van der Waals surface area contributed by atoms with Crippen molar-refractivity contribution < 1.29 is 0 Å². The Morgan fingerprint density at radius 1 is 0.842 bits per heavy atom. The van der Waals surface area contributed by atoms with Crippen LogP contribution in [0.4, 0.5) is 0 Å². The molecule has 0 spiro atoms. The predicted octanol–water partition coefficient (Wildman–Crippen LogP) is 5.04. The lowest BCUT2D eigenvalue weighted by Gasteiger charge is -2.08. The van der Waals surface area contributed by atoms with Crippen molar-refractivity contribution in [2.45, 2.75) is 19.8 Å². The second kappa shape index (κ2) is 4.89. The quantitative estimate of drug-likeness (QED) is 0.696. The average molecular weight is 246 g/mol. The highest BCUT2D eigenvalue weighted by Gasteiger charge is 2.13. The van der Waals surface area contributed by atoms with Crippen molar-refractivity contribution in [1.29, 1.82) is 0 Å². The molecule has 0 N–H and O–H groups in total. The third-order valence-electron chi connectivity index (χ3n) is 3.58. The Morgan fingerprint density at radius 3 is 2.21 bits per heavy atom. The fraction of sp³-hybridized carbons (Fsp3) is 0.158. The summed E-state index contributed by atoms with van der Waals surface area (Å²) in [4.78, 5) is 0. The van der Waals surface area contributed by atoms with E-state index < -0.39 is 0 Å². The summed E-state index contributed by atoms with van der Waals surface area (Å²) in [6.07, 6.45) is 6.87. The van der Waals surface area contributed by atoms with Crippen LogP contribution in [0, 0.1) is 13.8 Å². The summed E-state index contributed by atoms with van der Waals surface area (Å²) in [5.41, 5.74) is 6.69. The summed E-state index contributed by atoms with van der Waals surface area (Å²) >= 11 is 0. The summed E-state index contributed by atoms with van der Waals surface area (Å²) in [5.74, 6) is 0.411. The molecule has 1 aliphatic rings. The lowest BCUT2D eigenvalue weighted by atomic mass is 9.96. The third-order valence-corrected chi connectivity index (χ3v) is 3.58. The van der Waals surface area contributed by atoms with Gasteiger partial charge in [-0.1, -0.05) is 77.9 Å². The summed E-state index contributed by atoms with van der Waals surface area (Å²) in [6.45, 7) is 4.33. The van der Waals surface area contributed by atoms with E-state index in [0.717, 1.165) is 0 Å². The van der Waals surface area contributed by atoms with E-state index in [1.165, 1.54) is 27.8 Å². The molecule has 0 radical (unpaired) electrons. The predicted molar refractivity (Wildman–Crippen MR) is 82.2 cm³/mol. The molecule has 0 amide bonds. The molecule has 19 heavy (non-hydrogen) atoms. The maximum absolute atomic E-state index is 2.35. The van der Waals surface area contributed by atoms with Crippen LogP contribution in [0.5, 0.6) is 0 Å². The molecule has 1 atom stereocenters. The molecule has 1 aliphatic carbocycles. The van der Waals surface area contributed by atoms with Gasteiger partial charge in [0.25, 0.3) is 0 Å². The Balaban J connectivity index is 1.93. The van der Waals surface area contributed by atoms with E-state index >= 15 is 0 Å². The van der Waals surface area contributed by atoms with Crippen molar-refractivity contribution in [3.05, 3.63) is 89.0 Å². The molecule has 1 unspecified atom stereocenters. The van der Waals surface area contributed by atoms with Crippen LogP contribution in [0.1, 0.15) is 28.2 Å². The van der Waals surface area contributed by atoms with E-state index in [1.807, 2.05) is 0 Å². The smallest absolute Gasteiger partial charge is 0.0211 e. The van der Waals surface area contributed by atoms with E-state index in [9.17, 15) is 0 Å². The van der Waals surface area contributed by atoms with Crippen molar-refractivity contribution in [3.8, 4) is 0 Å². The van der Waals surface area contributed by atoms with Gasteiger partial charge >= 0.3 is 0 Å². The molecule has 0 bridgehead atoms. The van der Waals surface area contributed by atoms with Gasteiger partial charge in [0.15, 0.2) is 0 Å². The van der Waals surface area contributed by atoms with Gasteiger partial charge in [-0.3, -0.25) is 0 Å². The average Bonchev–Trinajstić information content (AvgIpc) is 2.88. The third kappa shape index (κ3) is 2.53. The van der Waals surface area contributed by atoms with Gasteiger partial charge in [0.05, 0.1) is 0 Å². The van der Waals surface area contributed by atoms with Gasteiger partial charge < -0.3 is 0 Å². The van der Waals surface area contributed by atoms with Crippen LogP contribution in [0.25, 0.3) is 5.57 Å². The van der Waals surface area contributed by atoms with Crippen molar-refractivity contribution in [3.63, 3.8) is 0 Å². The second-order valence-electron chi connectivity index (χ2n) is 5.29. The molecule has 2 aromatic carbocycles. The normalized spacial score (nSPS) is 17.6. The summed E-state index contributed by atoms with van der Waals surface area (Å²) in [5, 5.41) is 0. The highest BCUT2D eigenvalue weighted by atomic mass is 14.2. The van der Waals surface area contributed by atoms with Gasteiger partial charge in [-0.05, 0) is 30.5 Å². The topological polar surface area (TPSA) is 0 Å². The fourth-order valence-electron chi connectivity index (χ4n) is 2.74. The Labute approximate surface area is 115 Å². The van der Waals surface area contributed by atoms with Crippen molar-refractivity contribution in [2.75, 3.05) is 0 Å². The molecule has 0 nitrogen and oxygen atoms in total. The molecule has 0 fully saturated rings. The van der Waals surface area contributed by atoms with Crippen LogP contribution in [0.3, 0.4) is 0 Å². The van der Waals surface area contributed by atoms with Crippen LogP contribution >= 0.6 is 0 Å². The first kappa shape index (κ1) is 12.0. The number of hydrogen-bond acceptors (Lipinski definition) is 0. The van der Waals surface area contributed by atoms with Crippen LogP contribution in [0.15, 0.2) is 66.8 Å². The van der Waals surface area contributed by atoms with Crippen LogP contribution in [-0.4, -0.2) is 0 Å². The molecule has 94 valence electrons. The van der Waals surface area contributed by atoms with Gasteiger partial charge in [-0.2, -0.15) is 0 Å². The molecule has 0 heteroatoms. The monoisotopic (exact) mass is 246 g/mol. The number of hydrogen-bond donors (Lipinski definition) is 0. The molecule has 2 aromatic rings. The lowest BCUT2D eigenvalue weighted by molar-refractivity contribution is 1.09. The number of benzene rings is 2. The maximum atomic E-state index is 2.35. The van der Waals surface area contributed by atoms with E-state index in [0.29, 0.717) is 5.92 Å². The van der Waals surface area contributed by atoms with E-state index in [4.69, 9.17) is 0 Å².